The predicted octanol–water partition coefficient (Wildman–Crippen LogP) is 0.412. The molecule has 0 bridgehead atoms. The van der Waals surface area contributed by atoms with Gasteiger partial charge in [0.25, 0.3) is 0 Å². The van der Waals surface area contributed by atoms with Crippen LogP contribution in [0, 0.1) is 0 Å². The molecular weight excluding hydrogens is 118 g/mol. The van der Waals surface area contributed by atoms with Crippen LogP contribution in [0.4, 0.5) is 0 Å². The van der Waals surface area contributed by atoms with Gasteiger partial charge < -0.3 is 10.2 Å². The Balaban J connectivity index is 2.48. The number of hydrogen-bond acceptors (Lipinski definition) is 3. The largest absolute Gasteiger partial charge is 0.411 e. The maximum Gasteiger partial charge on any atom is 0.0921 e. The summed E-state index contributed by atoms with van der Waals surface area (Å²) in [5, 5.41) is 10.8. The lowest BCUT2D eigenvalue weighted by Gasteiger charge is -1.82. The van der Waals surface area contributed by atoms with E-state index in [0.29, 0.717) is 6.42 Å². The average Bonchev–Trinajstić information content (AvgIpc) is 2.34. The Hall–Kier alpha value is -1.32. The van der Waals surface area contributed by atoms with Crippen molar-refractivity contribution in [2.45, 2.75) is 6.42 Å². The van der Waals surface area contributed by atoms with Crippen LogP contribution in [-0.2, 0) is 6.42 Å². The predicted molar refractivity (Wildman–Crippen MR) is 32.6 cm³/mol. The van der Waals surface area contributed by atoms with Gasteiger partial charge >= 0.3 is 0 Å². The zero-order valence-corrected chi connectivity index (χ0v) is 4.78. The van der Waals surface area contributed by atoms with Crippen LogP contribution in [-0.4, -0.2) is 21.4 Å². The van der Waals surface area contributed by atoms with Crippen LogP contribution in [0.5, 0.6) is 0 Å². The molecule has 0 aromatic carbocycles. The van der Waals surface area contributed by atoms with E-state index in [9.17, 15) is 0 Å². The number of H-pyrrole nitrogens is 1. The van der Waals surface area contributed by atoms with Crippen LogP contribution < -0.4 is 0 Å². The third-order valence-corrected chi connectivity index (χ3v) is 0.948. The molecule has 0 fully saturated rings. The van der Waals surface area contributed by atoms with Gasteiger partial charge in [-0.15, -0.1) is 5.16 Å². The van der Waals surface area contributed by atoms with Crippen LogP contribution in [0.25, 0.3) is 0 Å². The number of rotatable bonds is 2. The van der Waals surface area contributed by atoms with Crippen molar-refractivity contribution in [3.63, 3.8) is 0 Å². The normalized spacial score (nSPS) is 10.7. The minimum absolute atomic E-state index is 0.594. The molecule has 0 aliphatic carbocycles. The van der Waals surface area contributed by atoms with Crippen molar-refractivity contribution in [2.24, 2.45) is 5.16 Å². The summed E-state index contributed by atoms with van der Waals surface area (Å²) in [5.41, 5.74) is 0.938. The maximum atomic E-state index is 8.00. The van der Waals surface area contributed by atoms with E-state index in [2.05, 4.69) is 15.1 Å². The molecule has 0 saturated heterocycles. The molecular formula is C5H7N3O. The van der Waals surface area contributed by atoms with Crippen molar-refractivity contribution in [3.05, 3.63) is 18.2 Å². The second-order valence-corrected chi connectivity index (χ2v) is 1.58. The van der Waals surface area contributed by atoms with Crippen molar-refractivity contribution >= 4 is 6.21 Å². The standard InChI is InChI=1S/C5H7N3O/c9-8-2-1-5-3-6-4-7-5/h2-4,9H,1H2,(H,6,7)/b8-2+. The first-order valence-corrected chi connectivity index (χ1v) is 2.56. The monoisotopic (exact) mass is 125 g/mol. The quantitative estimate of drug-likeness (QED) is 0.341. The van der Waals surface area contributed by atoms with Crippen molar-refractivity contribution in [1.29, 1.82) is 0 Å². The molecule has 0 spiro atoms. The first kappa shape index (κ1) is 5.81. The molecule has 1 aromatic heterocycles. The van der Waals surface area contributed by atoms with Crippen molar-refractivity contribution < 1.29 is 5.21 Å². The van der Waals surface area contributed by atoms with E-state index < -0.39 is 0 Å². The zero-order valence-electron chi connectivity index (χ0n) is 4.78. The fraction of sp³-hybridized carbons (Fsp3) is 0.200. The third-order valence-electron chi connectivity index (χ3n) is 0.948. The van der Waals surface area contributed by atoms with Gasteiger partial charge in [-0.05, 0) is 0 Å². The highest BCUT2D eigenvalue weighted by Crippen LogP contribution is 1.88. The van der Waals surface area contributed by atoms with Gasteiger partial charge in [0.1, 0.15) is 0 Å². The molecule has 4 heteroatoms. The summed E-state index contributed by atoms with van der Waals surface area (Å²) in [4.78, 5) is 6.63. The number of nitrogens with one attached hydrogen (secondary N) is 1. The summed E-state index contributed by atoms with van der Waals surface area (Å²) < 4.78 is 0. The zero-order chi connectivity index (χ0) is 6.53. The topological polar surface area (TPSA) is 61.3 Å². The lowest BCUT2D eigenvalue weighted by Crippen LogP contribution is -1.83. The summed E-state index contributed by atoms with van der Waals surface area (Å²) >= 11 is 0. The Morgan fingerprint density at radius 1 is 1.89 bits per heavy atom. The molecule has 0 saturated carbocycles. The molecule has 0 aliphatic heterocycles. The lowest BCUT2D eigenvalue weighted by molar-refractivity contribution is 0.320. The number of oxime groups is 1. The lowest BCUT2D eigenvalue weighted by atomic mass is 10.4. The van der Waals surface area contributed by atoms with Gasteiger partial charge in [0.05, 0.1) is 6.33 Å². The van der Waals surface area contributed by atoms with Gasteiger partial charge in [-0.2, -0.15) is 0 Å². The number of aromatic amines is 1. The fourth-order valence-corrected chi connectivity index (χ4v) is 0.535. The minimum atomic E-state index is 0.594. The smallest absolute Gasteiger partial charge is 0.0921 e. The van der Waals surface area contributed by atoms with Gasteiger partial charge in [0.15, 0.2) is 0 Å². The van der Waals surface area contributed by atoms with E-state index in [-0.39, 0.29) is 0 Å². The molecule has 4 nitrogen and oxygen atoms in total. The molecule has 0 atom stereocenters. The van der Waals surface area contributed by atoms with E-state index in [1.54, 1.807) is 12.5 Å². The summed E-state index contributed by atoms with van der Waals surface area (Å²) in [5.74, 6) is 0. The Kier molecular flexibility index (Phi) is 1.85. The maximum absolute atomic E-state index is 8.00. The summed E-state index contributed by atoms with van der Waals surface area (Å²) in [6.07, 6.45) is 5.26. The van der Waals surface area contributed by atoms with Gasteiger partial charge in [-0.25, -0.2) is 4.98 Å². The van der Waals surface area contributed by atoms with Gasteiger partial charge in [-0.1, -0.05) is 0 Å². The molecule has 1 rings (SSSR count). The molecule has 0 amide bonds. The van der Waals surface area contributed by atoms with Crippen molar-refractivity contribution in [2.75, 3.05) is 0 Å². The van der Waals surface area contributed by atoms with Crippen LogP contribution in [0.1, 0.15) is 5.69 Å². The van der Waals surface area contributed by atoms with Crippen LogP contribution in [0.15, 0.2) is 17.7 Å². The first-order valence-electron chi connectivity index (χ1n) is 2.56. The van der Waals surface area contributed by atoms with E-state index in [4.69, 9.17) is 5.21 Å². The van der Waals surface area contributed by atoms with Gasteiger partial charge in [-0.3, -0.25) is 0 Å². The van der Waals surface area contributed by atoms with Gasteiger partial charge in [0.2, 0.25) is 0 Å². The molecule has 1 heterocycles. The van der Waals surface area contributed by atoms with Crippen LogP contribution in [0.3, 0.4) is 0 Å². The van der Waals surface area contributed by atoms with Crippen molar-refractivity contribution in [3.8, 4) is 0 Å². The Labute approximate surface area is 52.2 Å². The van der Waals surface area contributed by atoms with Gasteiger partial charge in [0, 0.05) is 24.5 Å². The Bertz CT molecular complexity index is 180. The Morgan fingerprint density at radius 3 is 3.33 bits per heavy atom. The number of nitrogens with zero attached hydrogens (tertiary/aromatic N) is 2. The molecule has 1 aromatic rings. The summed E-state index contributed by atoms with van der Waals surface area (Å²) in [7, 11) is 0. The van der Waals surface area contributed by atoms with Crippen LogP contribution in [0.2, 0.25) is 0 Å². The second kappa shape index (κ2) is 2.86. The second-order valence-electron chi connectivity index (χ2n) is 1.58. The Morgan fingerprint density at radius 2 is 2.78 bits per heavy atom. The fourth-order valence-electron chi connectivity index (χ4n) is 0.535. The number of aromatic nitrogens is 2. The molecule has 0 aliphatic rings. The summed E-state index contributed by atoms with van der Waals surface area (Å²) in [6, 6.07) is 0. The van der Waals surface area contributed by atoms with E-state index in [1.165, 1.54) is 6.21 Å². The molecule has 9 heavy (non-hydrogen) atoms. The van der Waals surface area contributed by atoms with Crippen LogP contribution >= 0.6 is 0 Å². The third kappa shape index (κ3) is 1.56. The first-order chi connectivity index (χ1) is 4.43. The average molecular weight is 125 g/mol. The van der Waals surface area contributed by atoms with E-state index in [1.807, 2.05) is 0 Å². The molecule has 48 valence electrons. The molecule has 0 unspecified atom stereocenters. The molecule has 0 radical (unpaired) electrons. The molecule has 2 N–H and O–H groups in total. The SMILES string of the molecule is O/N=C/Cc1cnc[nH]1. The number of hydrogen-bond donors (Lipinski definition) is 2. The van der Waals surface area contributed by atoms with Crippen molar-refractivity contribution in [1.82, 2.24) is 9.97 Å². The van der Waals surface area contributed by atoms with E-state index in [0.717, 1.165) is 5.69 Å². The highest BCUT2D eigenvalue weighted by atomic mass is 16.4. The minimum Gasteiger partial charge on any atom is -0.411 e. The summed E-state index contributed by atoms with van der Waals surface area (Å²) in [6.45, 7) is 0. The highest BCUT2D eigenvalue weighted by molar-refractivity contribution is 5.59. The highest BCUT2D eigenvalue weighted by Gasteiger charge is 1.86. The number of imidazole rings is 1. The van der Waals surface area contributed by atoms with E-state index >= 15 is 0 Å².